The second-order valence-electron chi connectivity index (χ2n) is 8.18. The Hall–Kier alpha value is -0.850. The highest BCUT2D eigenvalue weighted by Crippen LogP contribution is 2.17. The molecule has 2 N–H and O–H groups in total. The van der Waals surface area contributed by atoms with Crippen LogP contribution in [0.25, 0.3) is 0 Å². The number of rotatable bonds is 9. The summed E-state index contributed by atoms with van der Waals surface area (Å²) in [5, 5.41) is 7.13. The van der Waals surface area contributed by atoms with Crippen molar-refractivity contribution in [3.05, 3.63) is 0 Å². The minimum atomic E-state index is 0.330. The first-order chi connectivity index (χ1) is 13.1. The van der Waals surface area contributed by atoms with E-state index in [2.05, 4.69) is 48.1 Å². The van der Waals surface area contributed by atoms with E-state index < -0.39 is 0 Å². The van der Waals surface area contributed by atoms with Gasteiger partial charge in [-0.1, -0.05) is 13.3 Å². The van der Waals surface area contributed by atoms with E-state index in [1.165, 1.54) is 38.6 Å². The van der Waals surface area contributed by atoms with Gasteiger partial charge < -0.3 is 20.3 Å². The number of guanidine groups is 1. The van der Waals surface area contributed by atoms with Gasteiger partial charge in [0.05, 0.1) is 19.3 Å². The second kappa shape index (κ2) is 12.6. The van der Waals surface area contributed by atoms with Crippen LogP contribution in [0, 0.1) is 0 Å². The van der Waals surface area contributed by atoms with Crippen molar-refractivity contribution in [2.45, 2.75) is 78.0 Å². The summed E-state index contributed by atoms with van der Waals surface area (Å²) in [4.78, 5) is 10.0. The maximum atomic E-state index is 5.68. The number of ether oxygens (including phenoxy) is 1. The molecule has 0 aromatic rings. The van der Waals surface area contributed by atoms with Crippen LogP contribution < -0.4 is 10.6 Å². The summed E-state index contributed by atoms with van der Waals surface area (Å²) < 4.78 is 5.68. The van der Waals surface area contributed by atoms with Gasteiger partial charge in [0.1, 0.15) is 0 Å². The molecule has 0 spiro atoms. The summed E-state index contributed by atoms with van der Waals surface area (Å²) >= 11 is 0. The number of hydrogen-bond acceptors (Lipinski definition) is 4. The zero-order chi connectivity index (χ0) is 19.5. The number of nitrogens with one attached hydrogen (secondary N) is 2. The second-order valence-corrected chi connectivity index (χ2v) is 8.18. The Bertz CT molecular complexity index is 421. The predicted octanol–water partition coefficient (Wildman–Crippen LogP) is 2.31. The molecule has 27 heavy (non-hydrogen) atoms. The lowest BCUT2D eigenvalue weighted by Gasteiger charge is -2.35. The monoisotopic (exact) mass is 381 g/mol. The maximum absolute atomic E-state index is 5.68. The van der Waals surface area contributed by atoms with Crippen molar-refractivity contribution in [1.82, 2.24) is 20.4 Å². The van der Waals surface area contributed by atoms with Gasteiger partial charge in [0.15, 0.2) is 5.96 Å². The van der Waals surface area contributed by atoms with Crippen LogP contribution >= 0.6 is 0 Å². The molecular formula is C21H43N5O. The maximum Gasteiger partial charge on any atom is 0.191 e. The molecule has 0 aromatic heterocycles. The van der Waals surface area contributed by atoms with Crippen LogP contribution in [0.1, 0.15) is 59.8 Å². The van der Waals surface area contributed by atoms with E-state index in [4.69, 9.17) is 9.73 Å². The Morgan fingerprint density at radius 1 is 1.11 bits per heavy atom. The van der Waals surface area contributed by atoms with Gasteiger partial charge in [-0.2, -0.15) is 0 Å². The van der Waals surface area contributed by atoms with E-state index in [1.54, 1.807) is 0 Å². The Labute approximate surface area is 167 Å². The van der Waals surface area contributed by atoms with E-state index in [1.807, 2.05) is 0 Å². The fraction of sp³-hybridized carbons (Fsp3) is 0.952. The number of aliphatic imine (C=N–C) groups is 1. The van der Waals surface area contributed by atoms with E-state index in [0.29, 0.717) is 18.2 Å². The predicted molar refractivity (Wildman–Crippen MR) is 115 cm³/mol. The van der Waals surface area contributed by atoms with Crippen molar-refractivity contribution < 1.29 is 4.74 Å². The average molecular weight is 382 g/mol. The van der Waals surface area contributed by atoms with Gasteiger partial charge >= 0.3 is 0 Å². The molecule has 0 amide bonds. The van der Waals surface area contributed by atoms with Crippen LogP contribution in [0.2, 0.25) is 0 Å². The van der Waals surface area contributed by atoms with Crippen LogP contribution in [-0.2, 0) is 4.74 Å². The Morgan fingerprint density at radius 3 is 2.56 bits per heavy atom. The fourth-order valence-corrected chi connectivity index (χ4v) is 4.11. The standard InChI is InChI=1S/C21H43N5O/c1-5-22-21(23-17-20-9-7-8-12-26(20)6-2)24-19-10-13-25(14-11-19)15-16-27-18(3)4/h18-20H,5-17H2,1-4H3,(H2,22,23,24). The Balaban J connectivity index is 1.75. The number of hydrogen-bond donors (Lipinski definition) is 2. The Morgan fingerprint density at radius 2 is 1.89 bits per heavy atom. The van der Waals surface area contributed by atoms with Crippen LogP contribution in [0.3, 0.4) is 0 Å². The van der Waals surface area contributed by atoms with Crippen LogP contribution in [0.15, 0.2) is 4.99 Å². The smallest absolute Gasteiger partial charge is 0.191 e. The van der Waals surface area contributed by atoms with Gasteiger partial charge in [0.2, 0.25) is 0 Å². The quantitative estimate of drug-likeness (QED) is 0.474. The minimum Gasteiger partial charge on any atom is -0.377 e. The van der Waals surface area contributed by atoms with Crippen molar-refractivity contribution in [3.8, 4) is 0 Å². The number of likely N-dealkylation sites (tertiary alicyclic amines) is 2. The molecule has 0 saturated carbocycles. The zero-order valence-corrected chi connectivity index (χ0v) is 18.2. The van der Waals surface area contributed by atoms with E-state index in [9.17, 15) is 0 Å². The highest BCUT2D eigenvalue weighted by Gasteiger charge is 2.22. The third-order valence-corrected chi connectivity index (χ3v) is 5.75. The van der Waals surface area contributed by atoms with Crippen molar-refractivity contribution in [2.24, 2.45) is 4.99 Å². The molecule has 2 rings (SSSR count). The van der Waals surface area contributed by atoms with Crippen molar-refractivity contribution in [2.75, 3.05) is 52.4 Å². The molecule has 2 aliphatic heterocycles. The summed E-state index contributed by atoms with van der Waals surface area (Å²) in [6.45, 7) is 17.0. The summed E-state index contributed by atoms with van der Waals surface area (Å²) in [5.41, 5.74) is 0. The highest BCUT2D eigenvalue weighted by molar-refractivity contribution is 5.80. The van der Waals surface area contributed by atoms with Crippen molar-refractivity contribution in [1.29, 1.82) is 0 Å². The lowest BCUT2D eigenvalue weighted by molar-refractivity contribution is 0.0532. The lowest BCUT2D eigenvalue weighted by Crippen LogP contribution is -2.49. The molecule has 0 bridgehead atoms. The van der Waals surface area contributed by atoms with Gasteiger partial charge in [-0.15, -0.1) is 0 Å². The first-order valence-corrected chi connectivity index (χ1v) is 11.2. The molecule has 0 radical (unpaired) electrons. The van der Waals surface area contributed by atoms with Crippen molar-refractivity contribution >= 4 is 5.96 Å². The fourth-order valence-electron chi connectivity index (χ4n) is 4.11. The molecule has 0 aliphatic carbocycles. The first kappa shape index (κ1) is 22.4. The number of piperidine rings is 2. The topological polar surface area (TPSA) is 52.1 Å². The van der Waals surface area contributed by atoms with E-state index >= 15 is 0 Å². The normalized spacial score (nSPS) is 23.7. The molecule has 1 unspecified atom stereocenters. The zero-order valence-electron chi connectivity index (χ0n) is 18.2. The van der Waals surface area contributed by atoms with Gasteiger partial charge in [-0.3, -0.25) is 9.89 Å². The minimum absolute atomic E-state index is 0.330. The van der Waals surface area contributed by atoms with E-state index in [0.717, 1.165) is 51.8 Å². The van der Waals surface area contributed by atoms with Gasteiger partial charge in [-0.05, 0) is 59.5 Å². The molecule has 2 saturated heterocycles. The molecule has 2 heterocycles. The van der Waals surface area contributed by atoms with Crippen LogP contribution in [0.5, 0.6) is 0 Å². The SMILES string of the molecule is CCNC(=NCC1CCCCN1CC)NC1CCN(CCOC(C)C)CC1. The van der Waals surface area contributed by atoms with Crippen molar-refractivity contribution in [3.63, 3.8) is 0 Å². The summed E-state index contributed by atoms with van der Waals surface area (Å²) in [7, 11) is 0. The summed E-state index contributed by atoms with van der Waals surface area (Å²) in [6.07, 6.45) is 6.66. The first-order valence-electron chi connectivity index (χ1n) is 11.2. The molecular weight excluding hydrogens is 338 g/mol. The molecule has 1 atom stereocenters. The molecule has 6 nitrogen and oxygen atoms in total. The molecule has 2 aliphatic rings. The third kappa shape index (κ3) is 8.36. The van der Waals surface area contributed by atoms with Gasteiger partial charge in [-0.25, -0.2) is 0 Å². The molecule has 0 aromatic carbocycles. The molecule has 158 valence electrons. The lowest BCUT2D eigenvalue weighted by atomic mass is 10.0. The Kier molecular flexibility index (Phi) is 10.5. The summed E-state index contributed by atoms with van der Waals surface area (Å²) in [6, 6.07) is 1.14. The molecule has 6 heteroatoms. The third-order valence-electron chi connectivity index (χ3n) is 5.75. The number of likely N-dealkylation sites (N-methyl/N-ethyl adjacent to an activating group) is 1. The number of nitrogens with zero attached hydrogens (tertiary/aromatic N) is 3. The summed E-state index contributed by atoms with van der Waals surface area (Å²) in [5.74, 6) is 1.00. The average Bonchev–Trinajstić information content (AvgIpc) is 2.67. The van der Waals surface area contributed by atoms with Crippen LogP contribution in [0.4, 0.5) is 0 Å². The largest absolute Gasteiger partial charge is 0.377 e. The highest BCUT2D eigenvalue weighted by atomic mass is 16.5. The van der Waals surface area contributed by atoms with Gasteiger partial charge in [0, 0.05) is 38.3 Å². The van der Waals surface area contributed by atoms with Gasteiger partial charge in [0.25, 0.3) is 0 Å². The van der Waals surface area contributed by atoms with Crippen LogP contribution in [-0.4, -0.2) is 86.4 Å². The molecule has 2 fully saturated rings. The van der Waals surface area contributed by atoms with E-state index in [-0.39, 0.29) is 0 Å².